The van der Waals surface area contributed by atoms with Crippen LogP contribution in [-0.2, 0) is 16.6 Å². The van der Waals surface area contributed by atoms with Crippen molar-refractivity contribution >= 4 is 69.4 Å². The highest BCUT2D eigenvalue weighted by atomic mass is 35.5. The Morgan fingerprint density at radius 1 is 1.18 bits per heavy atom. The van der Waals surface area contributed by atoms with Gasteiger partial charge in [-0.25, -0.2) is 4.99 Å². The molecule has 0 unspecified atom stereocenters. The van der Waals surface area contributed by atoms with Crippen molar-refractivity contribution < 1.29 is 9.59 Å². The molecule has 0 radical (unpaired) electrons. The molecule has 0 bridgehead atoms. The van der Waals surface area contributed by atoms with E-state index < -0.39 is 0 Å². The Hall–Kier alpha value is -3.07. The van der Waals surface area contributed by atoms with E-state index in [9.17, 15) is 9.59 Å². The van der Waals surface area contributed by atoms with Crippen LogP contribution in [0.5, 0.6) is 0 Å². The molecule has 3 aromatic rings. The summed E-state index contributed by atoms with van der Waals surface area (Å²) in [7, 11) is 1.82. The van der Waals surface area contributed by atoms with Gasteiger partial charge in [-0.2, -0.15) is 5.10 Å². The number of anilines is 2. The molecule has 2 amide bonds. The second kappa shape index (κ2) is 9.82. The van der Waals surface area contributed by atoms with Crippen molar-refractivity contribution in [3.05, 3.63) is 81.7 Å². The summed E-state index contributed by atoms with van der Waals surface area (Å²) in [5.74, 6) is -0.519. The summed E-state index contributed by atoms with van der Waals surface area (Å²) in [6.45, 7) is 1.87. The molecule has 7 nitrogen and oxygen atoms in total. The van der Waals surface area contributed by atoms with Gasteiger partial charge < -0.3 is 5.32 Å². The van der Waals surface area contributed by atoms with Gasteiger partial charge in [0.2, 0.25) is 5.91 Å². The average Bonchev–Trinajstić information content (AvgIpc) is 3.27. The molecule has 2 aromatic carbocycles. The molecule has 0 saturated carbocycles. The lowest BCUT2D eigenvalue weighted by Gasteiger charge is -2.17. The molecule has 1 aliphatic rings. The fourth-order valence-electron chi connectivity index (χ4n) is 3.21. The van der Waals surface area contributed by atoms with Crippen molar-refractivity contribution in [2.45, 2.75) is 6.92 Å². The summed E-state index contributed by atoms with van der Waals surface area (Å²) in [5.41, 5.74) is 3.00. The number of hydrogen-bond acceptors (Lipinski definition) is 5. The largest absolute Gasteiger partial charge is 0.324 e. The highest BCUT2D eigenvalue weighted by Crippen LogP contribution is 2.30. The summed E-state index contributed by atoms with van der Waals surface area (Å²) >= 11 is 13.2. The number of para-hydroxylation sites is 1. The van der Waals surface area contributed by atoms with Gasteiger partial charge >= 0.3 is 0 Å². The van der Waals surface area contributed by atoms with E-state index >= 15 is 0 Å². The number of aromatic nitrogens is 2. The Morgan fingerprint density at radius 3 is 2.61 bits per heavy atom. The van der Waals surface area contributed by atoms with E-state index in [0.29, 0.717) is 26.6 Å². The van der Waals surface area contributed by atoms with Crippen LogP contribution in [0.15, 0.2) is 65.4 Å². The van der Waals surface area contributed by atoms with Crippen LogP contribution >= 0.6 is 35.0 Å². The first-order valence-electron chi connectivity index (χ1n) is 9.89. The van der Waals surface area contributed by atoms with E-state index in [4.69, 9.17) is 23.2 Å². The molecule has 1 aliphatic heterocycles. The maximum absolute atomic E-state index is 13.2. The van der Waals surface area contributed by atoms with E-state index in [2.05, 4.69) is 15.4 Å². The molecule has 0 atom stereocenters. The SMILES string of the molecule is Cc1nn(C)cc1C=C1N=C(SCC(=O)Nc2ccc(Cl)cc2Cl)N(c2ccccc2)C1=O. The Kier molecular flexibility index (Phi) is 6.88. The zero-order chi connectivity index (χ0) is 23.5. The predicted octanol–water partition coefficient (Wildman–Crippen LogP) is 5.15. The van der Waals surface area contributed by atoms with E-state index in [-0.39, 0.29) is 23.3 Å². The van der Waals surface area contributed by atoms with Crippen molar-refractivity contribution in [1.82, 2.24) is 9.78 Å². The first-order valence-corrected chi connectivity index (χ1v) is 11.6. The summed E-state index contributed by atoms with van der Waals surface area (Å²) in [6.07, 6.45) is 3.54. The maximum Gasteiger partial charge on any atom is 0.283 e. The van der Waals surface area contributed by atoms with Gasteiger partial charge in [-0.05, 0) is 43.3 Å². The molecule has 33 heavy (non-hydrogen) atoms. The quantitative estimate of drug-likeness (QED) is 0.492. The lowest BCUT2D eigenvalue weighted by molar-refractivity contribution is -0.114. The standard InChI is InChI=1S/C23H19Cl2N5O2S/c1-14-15(12-29(2)28-14)10-20-22(32)30(17-6-4-3-5-7-17)23(27-20)33-13-21(31)26-19-9-8-16(24)11-18(19)25/h3-12H,13H2,1-2H3,(H,26,31). The fraction of sp³-hybridized carbons (Fsp3) is 0.130. The molecule has 168 valence electrons. The Balaban J connectivity index is 1.56. The van der Waals surface area contributed by atoms with Crippen molar-refractivity contribution in [3.63, 3.8) is 0 Å². The Bertz CT molecular complexity index is 1290. The minimum absolute atomic E-state index is 0.0353. The zero-order valence-corrected chi connectivity index (χ0v) is 20.1. The average molecular weight is 500 g/mol. The van der Waals surface area contributed by atoms with Crippen LogP contribution in [0.4, 0.5) is 11.4 Å². The van der Waals surface area contributed by atoms with Crippen molar-refractivity contribution in [2.24, 2.45) is 12.0 Å². The van der Waals surface area contributed by atoms with Gasteiger partial charge in [0.15, 0.2) is 5.17 Å². The normalized spacial score (nSPS) is 14.7. The van der Waals surface area contributed by atoms with E-state index in [1.807, 2.05) is 50.5 Å². The smallest absolute Gasteiger partial charge is 0.283 e. The fourth-order valence-corrected chi connectivity index (χ4v) is 4.48. The molecule has 10 heteroatoms. The number of amidine groups is 1. The topological polar surface area (TPSA) is 79.6 Å². The second-order valence-electron chi connectivity index (χ2n) is 7.20. The lowest BCUT2D eigenvalue weighted by atomic mass is 10.2. The first-order chi connectivity index (χ1) is 15.8. The number of amides is 2. The summed E-state index contributed by atoms with van der Waals surface area (Å²) < 4.78 is 1.68. The summed E-state index contributed by atoms with van der Waals surface area (Å²) in [6, 6.07) is 14.0. The third-order valence-corrected chi connectivity index (χ3v) is 6.21. The Labute approximate surface area is 205 Å². The molecule has 2 heterocycles. The van der Waals surface area contributed by atoms with Crippen LogP contribution in [0, 0.1) is 6.92 Å². The highest BCUT2D eigenvalue weighted by molar-refractivity contribution is 8.14. The van der Waals surface area contributed by atoms with Crippen LogP contribution in [-0.4, -0.2) is 32.5 Å². The van der Waals surface area contributed by atoms with Crippen molar-refractivity contribution in [2.75, 3.05) is 16.0 Å². The first kappa shape index (κ1) is 23.1. The number of aryl methyl sites for hydroxylation is 2. The molecular formula is C23H19Cl2N5O2S. The van der Waals surface area contributed by atoms with Gasteiger partial charge in [0.25, 0.3) is 5.91 Å². The molecular weight excluding hydrogens is 481 g/mol. The number of carbonyl (C=O) groups is 2. The summed E-state index contributed by atoms with van der Waals surface area (Å²) in [4.78, 5) is 31.8. The third kappa shape index (κ3) is 5.30. The number of hydrogen-bond donors (Lipinski definition) is 1. The zero-order valence-electron chi connectivity index (χ0n) is 17.8. The monoisotopic (exact) mass is 499 g/mol. The van der Waals surface area contributed by atoms with Crippen molar-refractivity contribution in [3.8, 4) is 0 Å². The van der Waals surface area contributed by atoms with Gasteiger partial charge in [-0.1, -0.05) is 53.2 Å². The minimum atomic E-state index is -0.284. The van der Waals surface area contributed by atoms with Gasteiger partial charge in [0.1, 0.15) is 5.70 Å². The van der Waals surface area contributed by atoms with Gasteiger partial charge in [0.05, 0.1) is 27.8 Å². The van der Waals surface area contributed by atoms with E-state index in [1.165, 1.54) is 4.90 Å². The maximum atomic E-state index is 13.2. The molecule has 0 fully saturated rings. The Morgan fingerprint density at radius 2 is 1.94 bits per heavy atom. The van der Waals surface area contributed by atoms with Crippen LogP contribution < -0.4 is 10.2 Å². The lowest BCUT2D eigenvalue weighted by Crippen LogP contribution is -2.31. The predicted molar refractivity (Wildman–Crippen MR) is 135 cm³/mol. The second-order valence-corrected chi connectivity index (χ2v) is 8.99. The number of nitrogens with one attached hydrogen (secondary N) is 1. The molecule has 0 saturated heterocycles. The number of halogens is 2. The van der Waals surface area contributed by atoms with Crippen LogP contribution in [0.2, 0.25) is 10.0 Å². The van der Waals surface area contributed by atoms with Gasteiger partial charge in [-0.3, -0.25) is 19.2 Å². The molecule has 4 rings (SSSR count). The summed E-state index contributed by atoms with van der Waals surface area (Å²) in [5, 5.41) is 8.30. The van der Waals surface area contributed by atoms with E-state index in [0.717, 1.165) is 23.0 Å². The molecule has 0 aliphatic carbocycles. The van der Waals surface area contributed by atoms with Crippen LogP contribution in [0.25, 0.3) is 6.08 Å². The van der Waals surface area contributed by atoms with E-state index in [1.54, 1.807) is 29.0 Å². The molecule has 1 aromatic heterocycles. The van der Waals surface area contributed by atoms with Crippen LogP contribution in [0.3, 0.4) is 0 Å². The van der Waals surface area contributed by atoms with Crippen LogP contribution in [0.1, 0.15) is 11.3 Å². The number of nitrogens with zero attached hydrogens (tertiary/aromatic N) is 4. The number of carbonyl (C=O) groups excluding carboxylic acids is 2. The molecule has 1 N–H and O–H groups in total. The third-order valence-electron chi connectivity index (χ3n) is 4.73. The number of benzene rings is 2. The molecule has 0 spiro atoms. The van der Waals surface area contributed by atoms with Gasteiger partial charge in [-0.15, -0.1) is 0 Å². The minimum Gasteiger partial charge on any atom is -0.324 e. The highest BCUT2D eigenvalue weighted by Gasteiger charge is 2.32. The number of rotatable bonds is 5. The van der Waals surface area contributed by atoms with Gasteiger partial charge in [0, 0.05) is 23.8 Å². The van der Waals surface area contributed by atoms with Crippen molar-refractivity contribution in [1.29, 1.82) is 0 Å². The number of thioether (sulfide) groups is 1. The number of aliphatic imine (C=N–C) groups is 1.